The molecule has 6 heteroatoms. The van der Waals surface area contributed by atoms with Crippen LogP contribution in [0.1, 0.15) is 47.6 Å². The molecule has 6 nitrogen and oxygen atoms in total. The van der Waals surface area contributed by atoms with Gasteiger partial charge in [0.25, 0.3) is 5.91 Å². The van der Waals surface area contributed by atoms with Crippen LogP contribution in [0.5, 0.6) is 0 Å². The number of amides is 2. The molecular weight excluding hydrogens is 340 g/mol. The molecule has 146 valence electrons. The third kappa shape index (κ3) is 5.94. The van der Waals surface area contributed by atoms with Gasteiger partial charge in [0.05, 0.1) is 5.69 Å². The van der Waals surface area contributed by atoms with Crippen molar-refractivity contribution in [1.82, 2.24) is 20.4 Å². The Balaban J connectivity index is 1.85. The van der Waals surface area contributed by atoms with Gasteiger partial charge in [0, 0.05) is 24.3 Å². The predicted molar refractivity (Wildman–Crippen MR) is 107 cm³/mol. The van der Waals surface area contributed by atoms with Crippen LogP contribution in [-0.4, -0.2) is 34.2 Å². The van der Waals surface area contributed by atoms with E-state index in [-0.39, 0.29) is 17.7 Å². The maximum atomic E-state index is 12.5. The van der Waals surface area contributed by atoms with Crippen LogP contribution in [0.2, 0.25) is 0 Å². The highest BCUT2D eigenvalue weighted by Gasteiger charge is 2.24. The van der Waals surface area contributed by atoms with Crippen molar-refractivity contribution in [2.75, 3.05) is 6.54 Å². The summed E-state index contributed by atoms with van der Waals surface area (Å²) in [6.45, 7) is 11.1. The molecule has 2 rings (SSSR count). The van der Waals surface area contributed by atoms with Gasteiger partial charge in [-0.15, -0.1) is 0 Å². The molecule has 0 aliphatic carbocycles. The molecule has 0 fully saturated rings. The molecule has 0 saturated heterocycles. The van der Waals surface area contributed by atoms with Gasteiger partial charge >= 0.3 is 0 Å². The number of hydrogen-bond acceptors (Lipinski definition) is 3. The highest BCUT2D eigenvalue weighted by Crippen LogP contribution is 2.07. The lowest BCUT2D eigenvalue weighted by Crippen LogP contribution is -2.50. The van der Waals surface area contributed by atoms with Crippen LogP contribution in [0.25, 0.3) is 0 Å². The van der Waals surface area contributed by atoms with E-state index in [9.17, 15) is 9.59 Å². The lowest BCUT2D eigenvalue weighted by Gasteiger charge is -2.22. The topological polar surface area (TPSA) is 76.0 Å². The van der Waals surface area contributed by atoms with Crippen molar-refractivity contribution < 1.29 is 9.59 Å². The summed E-state index contributed by atoms with van der Waals surface area (Å²) in [6.07, 6.45) is 0.782. The summed E-state index contributed by atoms with van der Waals surface area (Å²) in [4.78, 5) is 25.0. The van der Waals surface area contributed by atoms with E-state index in [1.807, 2.05) is 57.5 Å². The Hall–Kier alpha value is -2.63. The summed E-state index contributed by atoms with van der Waals surface area (Å²) in [7, 11) is 0. The number of hydrogen-bond donors (Lipinski definition) is 2. The number of nitrogens with one attached hydrogen (secondary N) is 2. The summed E-state index contributed by atoms with van der Waals surface area (Å²) in [5.41, 5.74) is 3.76. The smallest absolute Gasteiger partial charge is 0.251 e. The molecule has 2 amide bonds. The molecule has 1 aromatic heterocycles. The number of carbonyl (C=O) groups excluding carboxylic acids is 2. The minimum absolute atomic E-state index is 0.00425. The van der Waals surface area contributed by atoms with E-state index in [0.29, 0.717) is 12.1 Å². The van der Waals surface area contributed by atoms with Crippen LogP contribution >= 0.6 is 0 Å². The van der Waals surface area contributed by atoms with Gasteiger partial charge in [-0.3, -0.25) is 14.3 Å². The molecule has 0 aliphatic rings. The standard InChI is InChI=1S/C21H30N4O2/c1-14(2)19(23-20(26)18-9-7-15(3)8-10-18)21(27)22-11-6-12-25-17(5)13-16(4)24-25/h7-10,13-14,19H,6,11-12H2,1-5H3,(H,22,27)(H,23,26)/t19-/m1/s1. The van der Waals surface area contributed by atoms with Crippen molar-refractivity contribution in [1.29, 1.82) is 0 Å². The highest BCUT2D eigenvalue weighted by atomic mass is 16.2. The van der Waals surface area contributed by atoms with Gasteiger partial charge < -0.3 is 10.6 Å². The van der Waals surface area contributed by atoms with E-state index in [1.165, 1.54) is 0 Å². The quantitative estimate of drug-likeness (QED) is 0.702. The number of benzene rings is 1. The zero-order valence-electron chi connectivity index (χ0n) is 16.9. The Labute approximate surface area is 161 Å². The molecule has 27 heavy (non-hydrogen) atoms. The summed E-state index contributed by atoms with van der Waals surface area (Å²) < 4.78 is 1.95. The van der Waals surface area contributed by atoms with E-state index in [2.05, 4.69) is 15.7 Å². The Morgan fingerprint density at radius 3 is 2.33 bits per heavy atom. The molecule has 2 N–H and O–H groups in total. The molecule has 1 heterocycles. The lowest BCUT2D eigenvalue weighted by molar-refractivity contribution is -0.123. The van der Waals surface area contributed by atoms with Gasteiger partial charge in [0.1, 0.15) is 6.04 Å². The second-order valence-corrected chi connectivity index (χ2v) is 7.36. The van der Waals surface area contributed by atoms with Crippen LogP contribution in [0.3, 0.4) is 0 Å². The molecule has 0 radical (unpaired) electrons. The maximum Gasteiger partial charge on any atom is 0.251 e. The molecule has 1 atom stereocenters. The molecule has 2 aromatic rings. The first-order chi connectivity index (χ1) is 12.8. The minimum atomic E-state index is -0.563. The Kier molecular flexibility index (Phi) is 7.16. The van der Waals surface area contributed by atoms with Gasteiger partial charge in [-0.25, -0.2) is 0 Å². The predicted octanol–water partition coefficient (Wildman–Crippen LogP) is 2.77. The second kappa shape index (κ2) is 9.35. The largest absolute Gasteiger partial charge is 0.354 e. The van der Waals surface area contributed by atoms with Crippen molar-refractivity contribution in [2.45, 2.75) is 53.6 Å². The molecular formula is C21H30N4O2. The van der Waals surface area contributed by atoms with Crippen molar-refractivity contribution in [2.24, 2.45) is 5.92 Å². The highest BCUT2D eigenvalue weighted by molar-refractivity contribution is 5.97. The van der Waals surface area contributed by atoms with Crippen LogP contribution in [0.4, 0.5) is 0 Å². The number of rotatable bonds is 8. The summed E-state index contributed by atoms with van der Waals surface area (Å²) in [5.74, 6) is -0.388. The van der Waals surface area contributed by atoms with E-state index in [0.717, 1.165) is 29.9 Å². The van der Waals surface area contributed by atoms with Crippen LogP contribution < -0.4 is 10.6 Å². The van der Waals surface area contributed by atoms with Gasteiger partial charge in [-0.05, 0) is 51.3 Å². The first kappa shape index (κ1) is 20.7. The molecule has 0 bridgehead atoms. The van der Waals surface area contributed by atoms with Gasteiger partial charge in [0.2, 0.25) is 5.91 Å². The Morgan fingerprint density at radius 1 is 1.11 bits per heavy atom. The molecule has 0 saturated carbocycles. The molecule has 1 aromatic carbocycles. The van der Waals surface area contributed by atoms with Gasteiger partial charge in [-0.1, -0.05) is 31.5 Å². The zero-order valence-corrected chi connectivity index (χ0v) is 16.9. The SMILES string of the molecule is Cc1ccc(C(=O)N[C@@H](C(=O)NCCCn2nc(C)cc2C)C(C)C)cc1. The number of aromatic nitrogens is 2. The van der Waals surface area contributed by atoms with Crippen LogP contribution in [0.15, 0.2) is 30.3 Å². The third-order valence-corrected chi connectivity index (χ3v) is 4.50. The molecule has 0 unspecified atom stereocenters. The summed E-state index contributed by atoms with van der Waals surface area (Å²) in [5, 5.41) is 10.2. The minimum Gasteiger partial charge on any atom is -0.354 e. The van der Waals surface area contributed by atoms with E-state index in [4.69, 9.17) is 0 Å². The first-order valence-electron chi connectivity index (χ1n) is 9.44. The van der Waals surface area contributed by atoms with Crippen molar-refractivity contribution in [3.05, 3.63) is 52.8 Å². The Bertz CT molecular complexity index is 778. The average Bonchev–Trinajstić information content (AvgIpc) is 2.93. The van der Waals surface area contributed by atoms with Crippen molar-refractivity contribution in [3.63, 3.8) is 0 Å². The number of carbonyl (C=O) groups is 2. The number of aryl methyl sites for hydroxylation is 4. The van der Waals surface area contributed by atoms with E-state index >= 15 is 0 Å². The summed E-state index contributed by atoms with van der Waals surface area (Å²) in [6, 6.07) is 8.79. The summed E-state index contributed by atoms with van der Waals surface area (Å²) >= 11 is 0. The van der Waals surface area contributed by atoms with Crippen LogP contribution in [-0.2, 0) is 11.3 Å². The molecule has 0 aliphatic heterocycles. The van der Waals surface area contributed by atoms with Gasteiger partial charge in [-0.2, -0.15) is 5.10 Å². The first-order valence-corrected chi connectivity index (χ1v) is 9.44. The van der Waals surface area contributed by atoms with E-state index < -0.39 is 6.04 Å². The van der Waals surface area contributed by atoms with Crippen molar-refractivity contribution in [3.8, 4) is 0 Å². The Morgan fingerprint density at radius 2 is 1.78 bits per heavy atom. The van der Waals surface area contributed by atoms with Crippen molar-refractivity contribution >= 4 is 11.8 Å². The van der Waals surface area contributed by atoms with E-state index in [1.54, 1.807) is 12.1 Å². The third-order valence-electron chi connectivity index (χ3n) is 4.50. The fraction of sp³-hybridized carbons (Fsp3) is 0.476. The lowest BCUT2D eigenvalue weighted by atomic mass is 10.0. The number of nitrogens with zero attached hydrogens (tertiary/aromatic N) is 2. The monoisotopic (exact) mass is 370 g/mol. The van der Waals surface area contributed by atoms with Gasteiger partial charge in [0.15, 0.2) is 0 Å². The normalized spacial score (nSPS) is 12.1. The average molecular weight is 370 g/mol. The fourth-order valence-electron chi connectivity index (χ4n) is 2.92. The fourth-order valence-corrected chi connectivity index (χ4v) is 2.92. The zero-order chi connectivity index (χ0) is 20.0. The second-order valence-electron chi connectivity index (χ2n) is 7.36. The maximum absolute atomic E-state index is 12.5. The van der Waals surface area contributed by atoms with Crippen LogP contribution in [0, 0.1) is 26.7 Å². The molecule has 0 spiro atoms.